The zero-order valence-electron chi connectivity index (χ0n) is 26.2. The number of rotatable bonds is 6. The summed E-state index contributed by atoms with van der Waals surface area (Å²) in [4.78, 5) is 43.5. The van der Waals surface area contributed by atoms with Gasteiger partial charge in [-0.05, 0) is 81.3 Å². The van der Waals surface area contributed by atoms with E-state index in [9.17, 15) is 9.59 Å². The number of aryl methyl sites for hydroxylation is 2. The quantitative estimate of drug-likeness (QED) is 0.257. The first-order chi connectivity index (χ1) is 21.6. The van der Waals surface area contributed by atoms with E-state index in [-0.39, 0.29) is 17.5 Å². The second-order valence-corrected chi connectivity index (χ2v) is 13.0. The van der Waals surface area contributed by atoms with E-state index in [2.05, 4.69) is 46.2 Å². The van der Waals surface area contributed by atoms with E-state index < -0.39 is 0 Å². The van der Waals surface area contributed by atoms with Crippen LogP contribution in [-0.2, 0) is 4.79 Å². The van der Waals surface area contributed by atoms with Crippen molar-refractivity contribution < 1.29 is 4.79 Å². The summed E-state index contributed by atoms with van der Waals surface area (Å²) in [6.45, 7) is 11.1. The molecule has 4 heterocycles. The summed E-state index contributed by atoms with van der Waals surface area (Å²) in [6.07, 6.45) is 3.72. The van der Waals surface area contributed by atoms with Gasteiger partial charge in [0, 0.05) is 84.3 Å². The lowest BCUT2D eigenvalue weighted by molar-refractivity contribution is -0.132. The zero-order valence-corrected chi connectivity index (χ0v) is 27.8. The Morgan fingerprint density at radius 3 is 2.56 bits per heavy atom. The lowest BCUT2D eigenvalue weighted by Crippen LogP contribution is -2.44. The van der Waals surface area contributed by atoms with Crippen LogP contribution in [0.4, 0.5) is 17.3 Å². The number of hydrogen-bond donors (Lipinski definition) is 1. The smallest absolute Gasteiger partial charge is 0.260 e. The van der Waals surface area contributed by atoms with Gasteiger partial charge in [0.2, 0.25) is 11.9 Å². The summed E-state index contributed by atoms with van der Waals surface area (Å²) in [6, 6.07) is 11.2. The molecule has 2 aromatic heterocycles. The Labute approximate surface area is 273 Å². The highest BCUT2D eigenvalue weighted by molar-refractivity contribution is 6.35. The monoisotopic (exact) mass is 647 g/mol. The number of benzene rings is 2. The molecule has 2 aliphatic heterocycles. The molecule has 6 rings (SSSR count). The predicted octanol–water partition coefficient (Wildman–Crippen LogP) is 6.45. The van der Waals surface area contributed by atoms with Crippen molar-refractivity contribution in [3.8, 4) is 11.1 Å². The fourth-order valence-corrected chi connectivity index (χ4v) is 7.00. The van der Waals surface area contributed by atoms with Gasteiger partial charge in [-0.2, -0.15) is 4.98 Å². The van der Waals surface area contributed by atoms with Crippen molar-refractivity contribution in [3.05, 3.63) is 74.1 Å². The third kappa shape index (κ3) is 6.26. The second kappa shape index (κ2) is 13.0. The predicted molar refractivity (Wildman–Crippen MR) is 183 cm³/mol. The second-order valence-electron chi connectivity index (χ2n) is 12.1. The number of piperazine rings is 1. The Kier molecular flexibility index (Phi) is 9.04. The topological polar surface area (TPSA) is 86.6 Å². The van der Waals surface area contributed by atoms with E-state index in [1.807, 2.05) is 24.8 Å². The molecule has 9 nitrogen and oxygen atoms in total. The third-order valence-corrected chi connectivity index (χ3v) is 9.68. The number of anilines is 3. The van der Waals surface area contributed by atoms with E-state index in [1.54, 1.807) is 29.0 Å². The molecular formula is C34H39Cl2N7O2. The molecule has 1 amide bonds. The molecule has 2 saturated heterocycles. The van der Waals surface area contributed by atoms with Gasteiger partial charge in [0.25, 0.3) is 5.56 Å². The van der Waals surface area contributed by atoms with Crippen molar-refractivity contribution in [2.24, 2.45) is 0 Å². The van der Waals surface area contributed by atoms with Gasteiger partial charge in [0.15, 0.2) is 0 Å². The number of pyridine rings is 1. The highest BCUT2D eigenvalue weighted by Gasteiger charge is 2.29. The fraction of sp³-hybridized carbons (Fsp3) is 0.412. The van der Waals surface area contributed by atoms with Crippen LogP contribution in [0.15, 0.2) is 47.4 Å². The molecule has 11 heteroatoms. The van der Waals surface area contributed by atoms with Crippen LogP contribution in [0.2, 0.25) is 10.0 Å². The molecule has 1 unspecified atom stereocenters. The number of nitrogens with zero attached hydrogens (tertiary/aromatic N) is 6. The number of carbonyl (C=O) groups excluding carboxylic acids is 1. The number of amides is 1. The van der Waals surface area contributed by atoms with Gasteiger partial charge in [-0.25, -0.2) is 4.98 Å². The van der Waals surface area contributed by atoms with Crippen LogP contribution in [0.25, 0.3) is 22.2 Å². The number of carbonyl (C=O) groups is 1. The van der Waals surface area contributed by atoms with Crippen molar-refractivity contribution in [1.82, 2.24) is 24.3 Å². The number of aromatic nitrogens is 3. The van der Waals surface area contributed by atoms with Crippen molar-refractivity contribution in [2.45, 2.75) is 46.1 Å². The first kappa shape index (κ1) is 31.3. The maximum absolute atomic E-state index is 14.5. The van der Waals surface area contributed by atoms with E-state index in [4.69, 9.17) is 28.2 Å². The number of likely N-dealkylation sites (tertiary alicyclic amines) is 1. The number of piperidine rings is 1. The summed E-state index contributed by atoms with van der Waals surface area (Å²) in [5.41, 5.74) is 5.35. The summed E-state index contributed by atoms with van der Waals surface area (Å²) in [5, 5.41) is 5.04. The van der Waals surface area contributed by atoms with Gasteiger partial charge in [0.1, 0.15) is 5.65 Å². The molecule has 0 aliphatic carbocycles. The molecular weight excluding hydrogens is 609 g/mol. The van der Waals surface area contributed by atoms with Crippen LogP contribution in [-0.4, -0.2) is 76.6 Å². The van der Waals surface area contributed by atoms with Gasteiger partial charge in [-0.15, -0.1) is 0 Å². The van der Waals surface area contributed by atoms with Gasteiger partial charge in [-0.3, -0.25) is 14.2 Å². The average molecular weight is 649 g/mol. The molecule has 1 atom stereocenters. The minimum Gasteiger partial charge on any atom is -0.369 e. The van der Waals surface area contributed by atoms with Gasteiger partial charge in [0.05, 0.1) is 11.6 Å². The summed E-state index contributed by atoms with van der Waals surface area (Å²) >= 11 is 13.0. The largest absolute Gasteiger partial charge is 0.369 e. The molecule has 236 valence electrons. The highest BCUT2D eigenvalue weighted by Crippen LogP contribution is 2.35. The first-order valence-corrected chi connectivity index (χ1v) is 16.4. The van der Waals surface area contributed by atoms with E-state index in [1.165, 1.54) is 11.3 Å². The molecule has 0 spiro atoms. The molecule has 2 fully saturated rings. The van der Waals surface area contributed by atoms with Gasteiger partial charge < -0.3 is 20.0 Å². The number of fused-ring (bicyclic) bond motifs is 1. The Bertz CT molecular complexity index is 1820. The van der Waals surface area contributed by atoms with Crippen molar-refractivity contribution >= 4 is 57.5 Å². The average Bonchev–Trinajstić information content (AvgIpc) is 3.03. The summed E-state index contributed by atoms with van der Waals surface area (Å²) < 4.78 is 1.75. The zero-order chi connectivity index (χ0) is 31.8. The minimum atomic E-state index is -0.255. The highest BCUT2D eigenvalue weighted by atomic mass is 35.5. The van der Waals surface area contributed by atoms with Crippen LogP contribution >= 0.6 is 23.2 Å². The summed E-state index contributed by atoms with van der Waals surface area (Å²) in [7, 11) is 2.16. The Morgan fingerprint density at radius 1 is 1.04 bits per heavy atom. The SMILES string of the molecule is CCC(=O)N1CCCC(n2c(=O)c(-c3cc(Cl)ccc3Cl)c(C)c3cnc(Nc4ccc(N5CCN(C)CC5)c(C)c4)nc32)C1. The lowest BCUT2D eigenvalue weighted by Gasteiger charge is -2.35. The number of nitrogens with one attached hydrogen (secondary N) is 1. The van der Waals surface area contributed by atoms with Crippen LogP contribution < -0.4 is 15.8 Å². The van der Waals surface area contributed by atoms with Crippen LogP contribution in [0.3, 0.4) is 0 Å². The Morgan fingerprint density at radius 2 is 1.82 bits per heavy atom. The van der Waals surface area contributed by atoms with Crippen molar-refractivity contribution in [2.75, 3.05) is 56.5 Å². The molecule has 2 aromatic carbocycles. The minimum absolute atomic E-state index is 0.0784. The van der Waals surface area contributed by atoms with E-state index in [0.717, 1.165) is 55.7 Å². The maximum Gasteiger partial charge on any atom is 0.260 e. The standard InChI is InChI=1S/C34H39Cl2N7O2/c1-5-30(44)42-12-6-7-25(20-42)43-32-27(22(3)31(33(43)45)26-18-23(35)8-10-28(26)36)19-37-34(39-32)38-24-9-11-29(21(2)17-24)41-15-13-40(4)14-16-41/h8-11,17-19,25H,5-7,12-16,20H2,1-4H3,(H,37,38,39). The van der Waals surface area contributed by atoms with Crippen LogP contribution in [0.1, 0.15) is 43.4 Å². The Balaban J connectivity index is 1.43. The Hall–Kier alpha value is -3.66. The number of halogens is 2. The fourth-order valence-electron chi connectivity index (χ4n) is 6.62. The normalized spacial score (nSPS) is 17.6. The first-order valence-electron chi connectivity index (χ1n) is 15.6. The molecule has 0 bridgehead atoms. The third-order valence-electron chi connectivity index (χ3n) is 9.12. The number of hydrogen-bond acceptors (Lipinski definition) is 7. The van der Waals surface area contributed by atoms with Gasteiger partial charge in [-0.1, -0.05) is 30.1 Å². The molecule has 0 saturated carbocycles. The molecule has 0 radical (unpaired) electrons. The molecule has 4 aromatic rings. The van der Waals surface area contributed by atoms with E-state index >= 15 is 0 Å². The van der Waals surface area contributed by atoms with Crippen LogP contribution in [0, 0.1) is 13.8 Å². The molecule has 1 N–H and O–H groups in total. The van der Waals surface area contributed by atoms with Crippen molar-refractivity contribution in [1.29, 1.82) is 0 Å². The lowest BCUT2D eigenvalue weighted by atomic mass is 9.98. The summed E-state index contributed by atoms with van der Waals surface area (Å²) in [5.74, 6) is 0.474. The van der Waals surface area contributed by atoms with Gasteiger partial charge >= 0.3 is 0 Å². The molecule has 2 aliphatic rings. The number of likely N-dealkylation sites (N-methyl/N-ethyl adjacent to an activating group) is 1. The molecule has 45 heavy (non-hydrogen) atoms. The van der Waals surface area contributed by atoms with E-state index in [0.29, 0.717) is 52.3 Å². The van der Waals surface area contributed by atoms with Crippen molar-refractivity contribution in [3.63, 3.8) is 0 Å². The van der Waals surface area contributed by atoms with Crippen LogP contribution in [0.5, 0.6) is 0 Å². The maximum atomic E-state index is 14.5.